The van der Waals surface area contributed by atoms with Gasteiger partial charge in [0.2, 0.25) is 11.8 Å². The number of likely N-dealkylation sites (N-methyl/N-ethyl adjacent to an activating group) is 1. The first-order chi connectivity index (χ1) is 12.5. The molecule has 0 bridgehead atoms. The van der Waals surface area contributed by atoms with Crippen LogP contribution in [0.5, 0.6) is 0 Å². The lowest BCUT2D eigenvalue weighted by molar-refractivity contribution is -0.138. The van der Waals surface area contributed by atoms with Gasteiger partial charge in [0, 0.05) is 32.9 Å². The van der Waals surface area contributed by atoms with Crippen LogP contribution in [0.3, 0.4) is 0 Å². The minimum Gasteiger partial charge on any atom is -0.381 e. The van der Waals surface area contributed by atoms with E-state index in [0.717, 1.165) is 30.4 Å². The number of rotatable bonds is 4. The maximum absolute atomic E-state index is 13.1. The normalized spacial score (nSPS) is 19.5. The van der Waals surface area contributed by atoms with E-state index >= 15 is 0 Å². The summed E-state index contributed by atoms with van der Waals surface area (Å²) in [6, 6.07) is 5.73. The first kappa shape index (κ1) is 18.6. The zero-order valence-corrected chi connectivity index (χ0v) is 15.7. The summed E-state index contributed by atoms with van der Waals surface area (Å²) in [5.74, 6) is -0.325. The largest absolute Gasteiger partial charge is 0.381 e. The SMILES string of the molecule is CN(C)C(=O)C1(c2ccc(C(N)=O)c(C3=CCCCC3)c2)CCOCC1. The molecule has 3 rings (SSSR count). The van der Waals surface area contributed by atoms with Crippen molar-refractivity contribution in [3.63, 3.8) is 0 Å². The summed E-state index contributed by atoms with van der Waals surface area (Å²) in [7, 11) is 3.59. The van der Waals surface area contributed by atoms with Crippen molar-refractivity contribution in [1.82, 2.24) is 4.90 Å². The highest BCUT2D eigenvalue weighted by atomic mass is 16.5. The standard InChI is InChI=1S/C21H28N2O3/c1-23(2)20(25)21(10-12-26-13-11-21)16-8-9-17(19(22)24)18(14-16)15-6-4-3-5-7-15/h6,8-9,14H,3-5,7,10-13H2,1-2H3,(H2,22,24). The van der Waals surface area contributed by atoms with Gasteiger partial charge in [0.1, 0.15) is 0 Å². The van der Waals surface area contributed by atoms with Crippen LogP contribution in [0, 0.1) is 0 Å². The minimum absolute atomic E-state index is 0.0937. The molecular formula is C21H28N2O3. The van der Waals surface area contributed by atoms with Gasteiger partial charge in [-0.3, -0.25) is 9.59 Å². The molecule has 2 N–H and O–H groups in total. The second-order valence-corrected chi connectivity index (χ2v) is 7.49. The van der Waals surface area contributed by atoms with Gasteiger partial charge in [-0.15, -0.1) is 0 Å². The van der Waals surface area contributed by atoms with Crippen LogP contribution >= 0.6 is 0 Å². The number of ether oxygens (including phenoxy) is 1. The van der Waals surface area contributed by atoms with Crippen LogP contribution in [-0.4, -0.2) is 44.0 Å². The number of benzene rings is 1. The fourth-order valence-corrected chi connectivity index (χ4v) is 4.18. The zero-order valence-electron chi connectivity index (χ0n) is 15.7. The fraction of sp³-hybridized carbons (Fsp3) is 0.524. The minimum atomic E-state index is -0.595. The van der Waals surface area contributed by atoms with E-state index in [9.17, 15) is 9.59 Å². The van der Waals surface area contributed by atoms with Crippen LogP contribution in [0.1, 0.15) is 60.0 Å². The molecule has 2 aliphatic rings. The molecule has 1 fully saturated rings. The second-order valence-electron chi connectivity index (χ2n) is 7.49. The Labute approximate surface area is 155 Å². The van der Waals surface area contributed by atoms with Crippen LogP contribution in [0.25, 0.3) is 5.57 Å². The van der Waals surface area contributed by atoms with Crippen LogP contribution in [-0.2, 0) is 14.9 Å². The summed E-state index contributed by atoms with van der Waals surface area (Å²) in [4.78, 5) is 26.7. The van der Waals surface area contributed by atoms with E-state index in [0.29, 0.717) is 31.6 Å². The lowest BCUT2D eigenvalue weighted by atomic mass is 9.72. The van der Waals surface area contributed by atoms with Crippen molar-refractivity contribution in [2.24, 2.45) is 5.73 Å². The molecule has 1 aliphatic carbocycles. The molecule has 1 heterocycles. The molecule has 5 heteroatoms. The fourth-order valence-electron chi connectivity index (χ4n) is 4.18. The maximum Gasteiger partial charge on any atom is 0.249 e. The molecule has 1 aromatic rings. The number of carbonyl (C=O) groups is 2. The Hall–Kier alpha value is -2.14. The number of carbonyl (C=O) groups excluding carboxylic acids is 2. The Morgan fingerprint density at radius 3 is 2.46 bits per heavy atom. The van der Waals surface area contributed by atoms with Crippen LogP contribution in [0.2, 0.25) is 0 Å². The van der Waals surface area contributed by atoms with E-state index in [1.807, 2.05) is 12.1 Å². The quantitative estimate of drug-likeness (QED) is 0.901. The third kappa shape index (κ3) is 3.40. The van der Waals surface area contributed by atoms with E-state index in [1.54, 1.807) is 25.1 Å². The van der Waals surface area contributed by atoms with Gasteiger partial charge in [-0.1, -0.05) is 12.1 Å². The highest BCUT2D eigenvalue weighted by Crippen LogP contribution is 2.39. The lowest BCUT2D eigenvalue weighted by Crippen LogP contribution is -2.47. The highest BCUT2D eigenvalue weighted by molar-refractivity contribution is 5.99. The molecule has 0 unspecified atom stereocenters. The molecule has 0 aromatic heterocycles. The van der Waals surface area contributed by atoms with Crippen molar-refractivity contribution in [3.05, 3.63) is 41.0 Å². The van der Waals surface area contributed by atoms with E-state index in [2.05, 4.69) is 6.08 Å². The number of hydrogen-bond donors (Lipinski definition) is 1. The molecule has 1 aromatic carbocycles. The molecular weight excluding hydrogens is 328 g/mol. The predicted octanol–water partition coefficient (Wildman–Crippen LogP) is 2.88. The van der Waals surface area contributed by atoms with Crippen molar-refractivity contribution in [1.29, 1.82) is 0 Å². The third-order valence-electron chi connectivity index (χ3n) is 5.64. The first-order valence-electron chi connectivity index (χ1n) is 9.39. The van der Waals surface area contributed by atoms with Gasteiger partial charge in [0.25, 0.3) is 0 Å². The van der Waals surface area contributed by atoms with E-state index in [4.69, 9.17) is 10.5 Å². The Kier molecular flexibility index (Phi) is 5.47. The Bertz CT molecular complexity index is 731. The number of allylic oxidation sites excluding steroid dienone is 2. The zero-order chi connectivity index (χ0) is 18.7. The lowest BCUT2D eigenvalue weighted by Gasteiger charge is -2.38. The van der Waals surface area contributed by atoms with Gasteiger partial charge >= 0.3 is 0 Å². The van der Waals surface area contributed by atoms with Crippen molar-refractivity contribution >= 4 is 17.4 Å². The van der Waals surface area contributed by atoms with E-state index in [-0.39, 0.29) is 5.91 Å². The summed E-state index contributed by atoms with van der Waals surface area (Å²) in [5, 5.41) is 0. The third-order valence-corrected chi connectivity index (χ3v) is 5.64. The number of amides is 2. The summed E-state index contributed by atoms with van der Waals surface area (Å²) in [5.41, 5.74) is 8.61. The van der Waals surface area contributed by atoms with Crippen molar-refractivity contribution in [2.75, 3.05) is 27.3 Å². The van der Waals surface area contributed by atoms with Crippen molar-refractivity contribution in [2.45, 2.75) is 43.9 Å². The highest BCUT2D eigenvalue weighted by Gasteiger charge is 2.43. The summed E-state index contributed by atoms with van der Waals surface area (Å²) in [6.45, 7) is 1.13. The number of nitrogens with two attached hydrogens (primary N) is 1. The molecule has 26 heavy (non-hydrogen) atoms. The molecule has 2 amide bonds. The Morgan fingerprint density at radius 2 is 1.88 bits per heavy atom. The molecule has 0 radical (unpaired) electrons. The second kappa shape index (κ2) is 7.62. The molecule has 0 saturated carbocycles. The molecule has 0 spiro atoms. The first-order valence-corrected chi connectivity index (χ1v) is 9.39. The smallest absolute Gasteiger partial charge is 0.249 e. The van der Waals surface area contributed by atoms with Crippen LogP contribution in [0.15, 0.2) is 24.3 Å². The predicted molar refractivity (Wildman–Crippen MR) is 102 cm³/mol. The Morgan fingerprint density at radius 1 is 1.15 bits per heavy atom. The summed E-state index contributed by atoms with van der Waals surface area (Å²) in [6.07, 6.45) is 7.77. The average molecular weight is 356 g/mol. The van der Waals surface area contributed by atoms with Crippen molar-refractivity contribution < 1.29 is 14.3 Å². The van der Waals surface area contributed by atoms with Gasteiger partial charge in [-0.05, 0) is 67.4 Å². The monoisotopic (exact) mass is 356 g/mol. The molecule has 0 atom stereocenters. The van der Waals surface area contributed by atoms with Crippen LogP contribution in [0.4, 0.5) is 0 Å². The number of nitrogens with zero attached hydrogens (tertiary/aromatic N) is 1. The van der Waals surface area contributed by atoms with Gasteiger partial charge in [-0.2, -0.15) is 0 Å². The van der Waals surface area contributed by atoms with E-state index < -0.39 is 11.3 Å². The van der Waals surface area contributed by atoms with Gasteiger partial charge in [0.15, 0.2) is 0 Å². The van der Waals surface area contributed by atoms with Crippen LogP contribution < -0.4 is 5.73 Å². The molecule has 1 aliphatic heterocycles. The number of primary amides is 1. The van der Waals surface area contributed by atoms with Gasteiger partial charge in [-0.25, -0.2) is 0 Å². The van der Waals surface area contributed by atoms with Gasteiger partial charge < -0.3 is 15.4 Å². The maximum atomic E-state index is 13.1. The molecule has 140 valence electrons. The average Bonchev–Trinajstić information content (AvgIpc) is 2.68. The van der Waals surface area contributed by atoms with Crippen molar-refractivity contribution in [3.8, 4) is 0 Å². The topological polar surface area (TPSA) is 72.6 Å². The molecule has 1 saturated heterocycles. The Balaban J connectivity index is 2.12. The molecule has 5 nitrogen and oxygen atoms in total. The van der Waals surface area contributed by atoms with Gasteiger partial charge in [0.05, 0.1) is 5.41 Å². The summed E-state index contributed by atoms with van der Waals surface area (Å²) >= 11 is 0. The van der Waals surface area contributed by atoms with E-state index in [1.165, 1.54) is 12.0 Å². The summed E-state index contributed by atoms with van der Waals surface area (Å²) < 4.78 is 5.53. The number of hydrogen-bond acceptors (Lipinski definition) is 3.